The van der Waals surface area contributed by atoms with Crippen LogP contribution in [0.15, 0.2) is 59.1 Å². The van der Waals surface area contributed by atoms with Gasteiger partial charge in [0.2, 0.25) is 5.76 Å². The fraction of sp³-hybridized carbons (Fsp3) is 0.0625. The Kier molecular flexibility index (Phi) is 3.21. The van der Waals surface area contributed by atoms with Crippen molar-refractivity contribution in [3.8, 4) is 28.3 Å². The van der Waals surface area contributed by atoms with E-state index in [1.807, 2.05) is 24.3 Å². The maximum absolute atomic E-state index is 14.5. The van der Waals surface area contributed by atoms with E-state index >= 15 is 0 Å². The highest BCUT2D eigenvalue weighted by Crippen LogP contribution is 2.34. The van der Waals surface area contributed by atoms with Crippen LogP contribution in [0.1, 0.15) is 0 Å². The molecule has 0 aliphatic carbocycles. The zero-order valence-electron chi connectivity index (χ0n) is 10.8. The summed E-state index contributed by atoms with van der Waals surface area (Å²) in [6.07, 6.45) is 0. The molecule has 0 aliphatic heterocycles. The predicted octanol–water partition coefficient (Wildman–Crippen LogP) is 4.16. The van der Waals surface area contributed by atoms with Gasteiger partial charge in [0.05, 0.1) is 7.11 Å². The first-order valence-electron chi connectivity index (χ1n) is 6.15. The minimum Gasteiger partial charge on any atom is -0.496 e. The quantitative estimate of drug-likeness (QED) is 0.716. The van der Waals surface area contributed by atoms with E-state index in [0.29, 0.717) is 16.9 Å². The van der Waals surface area contributed by atoms with Crippen molar-refractivity contribution < 1.29 is 13.7 Å². The molecule has 0 radical (unpaired) electrons. The van der Waals surface area contributed by atoms with Gasteiger partial charge in [0.15, 0.2) is 11.5 Å². The fourth-order valence-corrected chi connectivity index (χ4v) is 2.06. The van der Waals surface area contributed by atoms with Gasteiger partial charge in [-0.1, -0.05) is 47.6 Å². The number of halogens is 1. The normalized spacial score (nSPS) is 10.5. The first-order chi connectivity index (χ1) is 9.81. The lowest BCUT2D eigenvalue weighted by Gasteiger charge is -2.04. The first-order valence-corrected chi connectivity index (χ1v) is 6.15. The molecule has 2 aromatic carbocycles. The molecule has 0 saturated heterocycles. The van der Waals surface area contributed by atoms with Gasteiger partial charge in [-0.25, -0.2) is 4.39 Å². The predicted molar refractivity (Wildman–Crippen MR) is 73.9 cm³/mol. The van der Waals surface area contributed by atoms with Crippen LogP contribution in [0.3, 0.4) is 0 Å². The molecule has 3 nitrogen and oxygen atoms in total. The van der Waals surface area contributed by atoms with Gasteiger partial charge in [-0.2, -0.15) is 0 Å². The Hall–Kier alpha value is -2.62. The van der Waals surface area contributed by atoms with Gasteiger partial charge < -0.3 is 9.26 Å². The Morgan fingerprint density at radius 2 is 1.70 bits per heavy atom. The third-order valence-corrected chi connectivity index (χ3v) is 3.03. The lowest BCUT2D eigenvalue weighted by atomic mass is 10.1. The van der Waals surface area contributed by atoms with Crippen LogP contribution in [-0.4, -0.2) is 12.3 Å². The van der Waals surface area contributed by atoms with Crippen LogP contribution >= 0.6 is 0 Å². The highest BCUT2D eigenvalue weighted by molar-refractivity contribution is 5.72. The van der Waals surface area contributed by atoms with Crippen molar-refractivity contribution in [1.82, 2.24) is 5.16 Å². The van der Waals surface area contributed by atoms with E-state index in [2.05, 4.69) is 5.16 Å². The monoisotopic (exact) mass is 269 g/mol. The number of methoxy groups -OCH3 is 1. The molecule has 0 fully saturated rings. The molecular formula is C16H12FNO2. The number of hydrogen-bond donors (Lipinski definition) is 0. The van der Waals surface area contributed by atoms with E-state index in [4.69, 9.17) is 9.26 Å². The van der Waals surface area contributed by atoms with Crippen molar-refractivity contribution in [3.63, 3.8) is 0 Å². The average molecular weight is 269 g/mol. The van der Waals surface area contributed by atoms with Crippen LogP contribution in [-0.2, 0) is 0 Å². The lowest BCUT2D eigenvalue weighted by Crippen LogP contribution is -1.89. The molecule has 3 rings (SSSR count). The Balaban J connectivity index is 2.11. The van der Waals surface area contributed by atoms with E-state index in [1.54, 1.807) is 30.3 Å². The second kappa shape index (κ2) is 5.17. The van der Waals surface area contributed by atoms with Gasteiger partial charge in [-0.05, 0) is 12.1 Å². The molecule has 20 heavy (non-hydrogen) atoms. The van der Waals surface area contributed by atoms with Crippen LogP contribution in [0.4, 0.5) is 4.39 Å². The van der Waals surface area contributed by atoms with Crippen molar-refractivity contribution in [2.24, 2.45) is 0 Å². The second-order valence-electron chi connectivity index (χ2n) is 4.24. The summed E-state index contributed by atoms with van der Waals surface area (Å²) in [5.41, 5.74) is 1.37. The van der Waals surface area contributed by atoms with Gasteiger partial charge in [0.1, 0.15) is 5.75 Å². The molecule has 0 bridgehead atoms. The average Bonchev–Trinajstić information content (AvgIpc) is 2.89. The number of para-hydroxylation sites is 1. The number of nitrogens with zero attached hydrogens (tertiary/aromatic N) is 1. The zero-order chi connectivity index (χ0) is 13.9. The standard InChI is InChI=1S/C16H12FNO2/c1-19-13-10-6-5-9-12(13)15-14(17)16(20-18-15)11-7-3-2-4-8-11/h2-10H,1H3. The molecule has 3 aromatic rings. The van der Waals surface area contributed by atoms with Gasteiger partial charge in [0.25, 0.3) is 0 Å². The molecule has 1 heterocycles. The number of ether oxygens (including phenoxy) is 1. The van der Waals surface area contributed by atoms with Crippen LogP contribution in [0.2, 0.25) is 0 Å². The van der Waals surface area contributed by atoms with Crippen LogP contribution in [0.25, 0.3) is 22.6 Å². The molecule has 0 N–H and O–H groups in total. The highest BCUT2D eigenvalue weighted by atomic mass is 19.1. The van der Waals surface area contributed by atoms with E-state index in [1.165, 1.54) is 7.11 Å². The Morgan fingerprint density at radius 1 is 1.00 bits per heavy atom. The summed E-state index contributed by atoms with van der Waals surface area (Å²) >= 11 is 0. The Bertz CT molecular complexity index is 722. The summed E-state index contributed by atoms with van der Waals surface area (Å²) in [5, 5.41) is 3.84. The summed E-state index contributed by atoms with van der Waals surface area (Å²) in [6, 6.07) is 16.2. The summed E-state index contributed by atoms with van der Waals surface area (Å²) in [6.45, 7) is 0. The topological polar surface area (TPSA) is 35.3 Å². The number of aromatic nitrogens is 1. The summed E-state index contributed by atoms with van der Waals surface area (Å²) in [7, 11) is 1.54. The zero-order valence-corrected chi connectivity index (χ0v) is 10.8. The fourth-order valence-electron chi connectivity index (χ4n) is 2.06. The van der Waals surface area contributed by atoms with Crippen molar-refractivity contribution in [2.45, 2.75) is 0 Å². The van der Waals surface area contributed by atoms with Crippen molar-refractivity contribution >= 4 is 0 Å². The van der Waals surface area contributed by atoms with E-state index in [0.717, 1.165) is 0 Å². The number of benzene rings is 2. The van der Waals surface area contributed by atoms with Crippen LogP contribution in [0.5, 0.6) is 5.75 Å². The molecule has 1 aromatic heterocycles. The van der Waals surface area contributed by atoms with E-state index in [9.17, 15) is 4.39 Å². The minimum absolute atomic E-state index is 0.131. The summed E-state index contributed by atoms with van der Waals surface area (Å²) in [4.78, 5) is 0. The Morgan fingerprint density at radius 3 is 2.45 bits per heavy atom. The number of rotatable bonds is 3. The molecule has 100 valence electrons. The SMILES string of the molecule is COc1ccccc1-c1noc(-c2ccccc2)c1F. The third kappa shape index (κ3) is 2.05. The molecular weight excluding hydrogens is 257 g/mol. The molecule has 0 atom stereocenters. The Labute approximate surface area is 115 Å². The van der Waals surface area contributed by atoms with Gasteiger partial charge in [-0.3, -0.25) is 0 Å². The molecule has 0 saturated carbocycles. The van der Waals surface area contributed by atoms with Gasteiger partial charge in [-0.15, -0.1) is 0 Å². The van der Waals surface area contributed by atoms with Crippen molar-refractivity contribution in [3.05, 3.63) is 60.4 Å². The van der Waals surface area contributed by atoms with Gasteiger partial charge >= 0.3 is 0 Å². The molecule has 0 aliphatic rings. The third-order valence-electron chi connectivity index (χ3n) is 3.03. The summed E-state index contributed by atoms with van der Waals surface area (Å²) in [5.74, 6) is 0.200. The minimum atomic E-state index is -0.485. The highest BCUT2D eigenvalue weighted by Gasteiger charge is 2.21. The van der Waals surface area contributed by atoms with Crippen molar-refractivity contribution in [2.75, 3.05) is 7.11 Å². The molecule has 0 unspecified atom stereocenters. The van der Waals surface area contributed by atoms with E-state index in [-0.39, 0.29) is 11.5 Å². The largest absolute Gasteiger partial charge is 0.496 e. The van der Waals surface area contributed by atoms with Crippen molar-refractivity contribution in [1.29, 1.82) is 0 Å². The second-order valence-corrected chi connectivity index (χ2v) is 4.24. The lowest BCUT2D eigenvalue weighted by molar-refractivity contribution is 0.413. The molecule has 4 heteroatoms. The molecule has 0 spiro atoms. The van der Waals surface area contributed by atoms with Crippen LogP contribution < -0.4 is 4.74 Å². The number of hydrogen-bond acceptors (Lipinski definition) is 3. The van der Waals surface area contributed by atoms with Gasteiger partial charge in [0, 0.05) is 11.1 Å². The summed E-state index contributed by atoms with van der Waals surface area (Å²) < 4.78 is 24.9. The smallest absolute Gasteiger partial charge is 0.203 e. The van der Waals surface area contributed by atoms with E-state index < -0.39 is 5.82 Å². The molecule has 0 amide bonds. The maximum Gasteiger partial charge on any atom is 0.203 e. The first kappa shape index (κ1) is 12.4. The maximum atomic E-state index is 14.5. The van der Waals surface area contributed by atoms with Crippen LogP contribution in [0, 0.1) is 5.82 Å².